The van der Waals surface area contributed by atoms with Gasteiger partial charge in [0.15, 0.2) is 0 Å². The summed E-state index contributed by atoms with van der Waals surface area (Å²) in [4.78, 5) is 18.9. The van der Waals surface area contributed by atoms with Gasteiger partial charge in [-0.1, -0.05) is 42.5 Å². The summed E-state index contributed by atoms with van der Waals surface area (Å²) in [6, 6.07) is 18.3. The van der Waals surface area contributed by atoms with Crippen LogP contribution in [0.2, 0.25) is 0 Å². The Morgan fingerprint density at radius 2 is 1.81 bits per heavy atom. The molecule has 0 saturated carbocycles. The summed E-state index contributed by atoms with van der Waals surface area (Å²) in [7, 11) is 0. The fourth-order valence-electron chi connectivity index (χ4n) is 3.47. The Kier molecular flexibility index (Phi) is 5.25. The van der Waals surface area contributed by atoms with E-state index in [-0.39, 0.29) is 11.9 Å². The molecule has 2 heterocycles. The van der Waals surface area contributed by atoms with Crippen molar-refractivity contribution in [3.63, 3.8) is 0 Å². The highest BCUT2D eigenvalue weighted by Gasteiger charge is 2.24. The molecule has 1 saturated heterocycles. The third-order valence-corrected chi connectivity index (χ3v) is 4.88. The first-order valence-electron chi connectivity index (χ1n) is 9.25. The molecule has 0 radical (unpaired) electrons. The highest BCUT2D eigenvalue weighted by molar-refractivity contribution is 5.94. The number of hydrogen-bond acceptors (Lipinski definition) is 4. The van der Waals surface area contributed by atoms with Crippen molar-refractivity contribution in [2.75, 3.05) is 13.1 Å². The number of hydrogen-bond donors (Lipinski definition) is 1. The maximum Gasteiger partial charge on any atom is 0.251 e. The van der Waals surface area contributed by atoms with Gasteiger partial charge in [0.25, 0.3) is 5.91 Å². The van der Waals surface area contributed by atoms with E-state index >= 15 is 0 Å². The van der Waals surface area contributed by atoms with Gasteiger partial charge in [-0.2, -0.15) is 5.10 Å². The quantitative estimate of drug-likeness (QED) is 0.732. The van der Waals surface area contributed by atoms with Crippen molar-refractivity contribution in [1.29, 1.82) is 0 Å². The van der Waals surface area contributed by atoms with Gasteiger partial charge in [0.1, 0.15) is 12.7 Å². The molecule has 27 heavy (non-hydrogen) atoms. The zero-order chi connectivity index (χ0) is 18.5. The van der Waals surface area contributed by atoms with E-state index in [4.69, 9.17) is 0 Å². The van der Waals surface area contributed by atoms with E-state index in [1.807, 2.05) is 30.3 Å². The molecule has 1 aromatic heterocycles. The lowest BCUT2D eigenvalue weighted by Crippen LogP contribution is -2.37. The van der Waals surface area contributed by atoms with Crippen LogP contribution in [0.3, 0.4) is 0 Å². The molecule has 4 rings (SSSR count). The summed E-state index contributed by atoms with van der Waals surface area (Å²) >= 11 is 0. The summed E-state index contributed by atoms with van der Waals surface area (Å²) in [5, 5.41) is 7.26. The second kappa shape index (κ2) is 8.14. The van der Waals surface area contributed by atoms with Gasteiger partial charge in [0.05, 0.1) is 6.54 Å². The van der Waals surface area contributed by atoms with Crippen LogP contribution < -0.4 is 5.32 Å². The van der Waals surface area contributed by atoms with Crippen LogP contribution in [-0.4, -0.2) is 44.7 Å². The molecule has 1 N–H and O–H groups in total. The molecule has 138 valence electrons. The third-order valence-electron chi connectivity index (χ3n) is 4.88. The normalized spacial score (nSPS) is 17.1. The van der Waals surface area contributed by atoms with Crippen LogP contribution in [0.1, 0.15) is 27.9 Å². The SMILES string of the molecule is O=C(NC1CCN(Cc2ccccc2)C1)c1ccc(Cn2cncn2)cc1. The van der Waals surface area contributed by atoms with Crippen molar-refractivity contribution in [1.82, 2.24) is 25.0 Å². The molecule has 0 aliphatic carbocycles. The Hall–Kier alpha value is -2.99. The molecule has 6 heteroatoms. The van der Waals surface area contributed by atoms with E-state index in [9.17, 15) is 4.79 Å². The number of aromatic nitrogens is 3. The Labute approximate surface area is 158 Å². The minimum atomic E-state index is -0.00568. The molecule has 2 aromatic carbocycles. The Morgan fingerprint density at radius 1 is 1.04 bits per heavy atom. The number of nitrogens with one attached hydrogen (secondary N) is 1. The first-order valence-corrected chi connectivity index (χ1v) is 9.25. The molecular formula is C21H23N5O. The summed E-state index contributed by atoms with van der Waals surface area (Å²) in [6.45, 7) is 3.49. The van der Waals surface area contributed by atoms with Crippen molar-refractivity contribution in [3.05, 3.63) is 83.9 Å². The van der Waals surface area contributed by atoms with Gasteiger partial charge in [0.2, 0.25) is 0 Å². The molecule has 1 unspecified atom stereocenters. The van der Waals surface area contributed by atoms with Crippen molar-refractivity contribution >= 4 is 5.91 Å². The van der Waals surface area contributed by atoms with Crippen LogP contribution in [0.5, 0.6) is 0 Å². The van der Waals surface area contributed by atoms with Crippen molar-refractivity contribution < 1.29 is 4.79 Å². The topological polar surface area (TPSA) is 63.1 Å². The molecule has 1 amide bonds. The first-order chi connectivity index (χ1) is 13.3. The summed E-state index contributed by atoms with van der Waals surface area (Å²) < 4.78 is 1.76. The van der Waals surface area contributed by atoms with Crippen LogP contribution in [0, 0.1) is 0 Å². The largest absolute Gasteiger partial charge is 0.348 e. The van der Waals surface area contributed by atoms with Gasteiger partial charge in [-0.05, 0) is 29.7 Å². The highest BCUT2D eigenvalue weighted by atomic mass is 16.1. The standard InChI is InChI=1S/C21H23N5O/c27-21(19-8-6-18(7-9-19)13-26-16-22-15-23-26)24-20-10-11-25(14-20)12-17-4-2-1-3-5-17/h1-9,15-16,20H,10-14H2,(H,24,27). The number of rotatable bonds is 6. The summed E-state index contributed by atoms with van der Waals surface area (Å²) in [5.74, 6) is -0.00568. The van der Waals surface area contributed by atoms with Gasteiger partial charge < -0.3 is 5.32 Å². The molecule has 1 fully saturated rings. The lowest BCUT2D eigenvalue weighted by molar-refractivity contribution is 0.0937. The van der Waals surface area contributed by atoms with Gasteiger partial charge in [-0.25, -0.2) is 9.67 Å². The molecule has 1 aliphatic rings. The summed E-state index contributed by atoms with van der Waals surface area (Å²) in [5.41, 5.74) is 3.10. The van der Waals surface area contributed by atoms with Crippen molar-refractivity contribution in [2.24, 2.45) is 0 Å². The zero-order valence-electron chi connectivity index (χ0n) is 15.2. The fourth-order valence-corrected chi connectivity index (χ4v) is 3.47. The van der Waals surface area contributed by atoms with Crippen molar-refractivity contribution in [2.45, 2.75) is 25.6 Å². The zero-order valence-corrected chi connectivity index (χ0v) is 15.2. The lowest BCUT2D eigenvalue weighted by Gasteiger charge is -2.17. The van der Waals surface area contributed by atoms with E-state index in [0.29, 0.717) is 12.1 Å². The molecule has 3 aromatic rings. The molecule has 0 bridgehead atoms. The Morgan fingerprint density at radius 3 is 2.56 bits per heavy atom. The summed E-state index contributed by atoms with van der Waals surface area (Å²) in [6.07, 6.45) is 4.19. The Balaban J connectivity index is 1.29. The minimum Gasteiger partial charge on any atom is -0.348 e. The van der Waals surface area contributed by atoms with Crippen LogP contribution in [0.25, 0.3) is 0 Å². The van der Waals surface area contributed by atoms with Crippen LogP contribution in [-0.2, 0) is 13.1 Å². The molecular weight excluding hydrogens is 338 g/mol. The van der Waals surface area contributed by atoms with E-state index in [2.05, 4.69) is 44.6 Å². The van der Waals surface area contributed by atoms with E-state index < -0.39 is 0 Å². The molecule has 0 spiro atoms. The predicted molar refractivity (Wildman–Crippen MR) is 103 cm³/mol. The molecule has 1 atom stereocenters. The van der Waals surface area contributed by atoms with E-state index in [1.54, 1.807) is 11.0 Å². The number of likely N-dealkylation sites (tertiary alicyclic amines) is 1. The predicted octanol–water partition coefficient (Wildman–Crippen LogP) is 2.33. The van der Waals surface area contributed by atoms with Gasteiger partial charge >= 0.3 is 0 Å². The Bertz CT molecular complexity index is 861. The number of amides is 1. The van der Waals surface area contributed by atoms with Gasteiger partial charge in [0, 0.05) is 31.2 Å². The van der Waals surface area contributed by atoms with Crippen LogP contribution in [0.4, 0.5) is 0 Å². The van der Waals surface area contributed by atoms with Crippen molar-refractivity contribution in [3.8, 4) is 0 Å². The van der Waals surface area contributed by atoms with Gasteiger partial charge in [-0.15, -0.1) is 0 Å². The average molecular weight is 361 g/mol. The molecule has 6 nitrogen and oxygen atoms in total. The number of benzene rings is 2. The smallest absolute Gasteiger partial charge is 0.251 e. The second-order valence-electron chi connectivity index (χ2n) is 6.97. The monoisotopic (exact) mass is 361 g/mol. The van der Waals surface area contributed by atoms with Crippen LogP contribution in [0.15, 0.2) is 67.3 Å². The second-order valence-corrected chi connectivity index (χ2v) is 6.97. The number of nitrogens with zero attached hydrogens (tertiary/aromatic N) is 4. The lowest BCUT2D eigenvalue weighted by atomic mass is 10.1. The van der Waals surface area contributed by atoms with Gasteiger partial charge in [-0.3, -0.25) is 9.69 Å². The van der Waals surface area contributed by atoms with Crippen LogP contribution >= 0.6 is 0 Å². The van der Waals surface area contributed by atoms with E-state index in [0.717, 1.165) is 31.6 Å². The fraction of sp³-hybridized carbons (Fsp3) is 0.286. The number of carbonyl (C=O) groups excluding carboxylic acids is 1. The minimum absolute atomic E-state index is 0.00568. The molecule has 1 aliphatic heterocycles. The average Bonchev–Trinajstić information content (AvgIpc) is 3.35. The third kappa shape index (κ3) is 4.60. The maximum atomic E-state index is 12.5. The van der Waals surface area contributed by atoms with E-state index in [1.165, 1.54) is 11.9 Å². The maximum absolute atomic E-state index is 12.5. The highest BCUT2D eigenvalue weighted by Crippen LogP contribution is 2.14. The first kappa shape index (κ1) is 17.4. The number of carbonyl (C=O) groups is 1.